The molecular formula is C25H19N7O. The summed E-state index contributed by atoms with van der Waals surface area (Å²) in [6.07, 6.45) is 0. The number of rotatable bonds is 4. The highest BCUT2D eigenvalue weighted by atomic mass is 16.2. The maximum atomic E-state index is 13.5. The van der Waals surface area contributed by atoms with Gasteiger partial charge in [-0.15, -0.1) is 0 Å². The molecule has 1 amide bonds. The quantitative estimate of drug-likeness (QED) is 0.398. The predicted molar refractivity (Wildman–Crippen MR) is 126 cm³/mol. The number of hydrogen-bond acceptors (Lipinski definition) is 6. The van der Waals surface area contributed by atoms with E-state index in [-0.39, 0.29) is 17.1 Å². The number of nitrogens with zero attached hydrogens (tertiary/aromatic N) is 4. The Bertz CT molecular complexity index is 1470. The van der Waals surface area contributed by atoms with Gasteiger partial charge in [0.15, 0.2) is 11.5 Å². The summed E-state index contributed by atoms with van der Waals surface area (Å²) in [4.78, 5) is 21.9. The normalized spacial score (nSPS) is 10.8. The van der Waals surface area contributed by atoms with Crippen LogP contribution in [0.4, 0.5) is 11.5 Å². The van der Waals surface area contributed by atoms with E-state index in [2.05, 4.69) is 15.3 Å². The van der Waals surface area contributed by atoms with Crippen LogP contribution in [0.15, 0.2) is 91.0 Å². The number of nitrogens with two attached hydrogens (primary N) is 1. The molecule has 0 radical (unpaired) electrons. The fourth-order valence-electron chi connectivity index (χ4n) is 3.68. The Balaban J connectivity index is 1.85. The zero-order chi connectivity index (χ0) is 22.8. The molecule has 2 aliphatic rings. The molecule has 160 valence electrons. The summed E-state index contributed by atoms with van der Waals surface area (Å²) in [6.45, 7) is 0. The molecule has 33 heavy (non-hydrogen) atoms. The number of carbonyl (C=O) groups is 1. The van der Waals surface area contributed by atoms with Crippen LogP contribution in [0, 0.1) is 5.41 Å². The van der Waals surface area contributed by atoms with Crippen molar-refractivity contribution in [2.75, 3.05) is 11.1 Å². The van der Waals surface area contributed by atoms with E-state index in [1.54, 1.807) is 12.1 Å². The SMILES string of the molecule is N=c1nc(N)c2c(-c3ccccc3)c(C(=O)Nc3ccccc3)nn(-c3ccccc3)c-2n1. The van der Waals surface area contributed by atoms with Gasteiger partial charge in [-0.05, 0) is 29.8 Å². The van der Waals surface area contributed by atoms with Crippen molar-refractivity contribution in [1.29, 1.82) is 5.41 Å². The van der Waals surface area contributed by atoms with Crippen molar-refractivity contribution in [3.05, 3.63) is 102 Å². The van der Waals surface area contributed by atoms with Crippen LogP contribution in [0.5, 0.6) is 0 Å². The Hall–Kier alpha value is -4.85. The first-order chi connectivity index (χ1) is 16.1. The summed E-state index contributed by atoms with van der Waals surface area (Å²) < 4.78 is 1.53. The lowest BCUT2D eigenvalue weighted by atomic mass is 9.97. The fourth-order valence-corrected chi connectivity index (χ4v) is 3.68. The standard InChI is InChI=1S/C25H19N7O/c26-22-20-19(16-10-4-1-5-11-16)21(24(33)28-17-12-6-2-7-13-17)31-32(18-14-8-3-9-15-18)23(20)30-25(27)29-22/h1-15H,(H,28,33)(H3,26,27,29). The third-order valence-corrected chi connectivity index (χ3v) is 5.12. The first-order valence-electron chi connectivity index (χ1n) is 10.2. The first kappa shape index (κ1) is 20.1. The highest BCUT2D eigenvalue weighted by Gasteiger charge is 2.28. The summed E-state index contributed by atoms with van der Waals surface area (Å²) >= 11 is 0. The summed E-state index contributed by atoms with van der Waals surface area (Å²) in [5.41, 5.74) is 9.26. The van der Waals surface area contributed by atoms with Crippen molar-refractivity contribution < 1.29 is 4.79 Å². The van der Waals surface area contributed by atoms with Gasteiger partial charge in [0, 0.05) is 11.3 Å². The maximum Gasteiger partial charge on any atom is 0.276 e. The van der Waals surface area contributed by atoms with Crippen LogP contribution in [-0.4, -0.2) is 25.7 Å². The second-order valence-corrected chi connectivity index (χ2v) is 7.29. The van der Waals surface area contributed by atoms with Gasteiger partial charge in [-0.2, -0.15) is 15.1 Å². The number of amides is 1. The molecule has 3 aromatic rings. The van der Waals surface area contributed by atoms with Crippen LogP contribution >= 0.6 is 0 Å². The second-order valence-electron chi connectivity index (χ2n) is 7.29. The number of anilines is 2. The van der Waals surface area contributed by atoms with Crippen molar-refractivity contribution in [2.45, 2.75) is 0 Å². The molecule has 5 rings (SSSR count). The number of aromatic nitrogens is 4. The minimum absolute atomic E-state index is 0.102. The zero-order valence-electron chi connectivity index (χ0n) is 17.4. The lowest BCUT2D eigenvalue weighted by Gasteiger charge is -2.21. The first-order valence-corrected chi connectivity index (χ1v) is 10.2. The third-order valence-electron chi connectivity index (χ3n) is 5.12. The smallest absolute Gasteiger partial charge is 0.276 e. The number of hydrogen-bond donors (Lipinski definition) is 3. The van der Waals surface area contributed by atoms with Gasteiger partial charge in [0.25, 0.3) is 5.91 Å². The van der Waals surface area contributed by atoms with Crippen LogP contribution in [0.3, 0.4) is 0 Å². The van der Waals surface area contributed by atoms with Crippen molar-refractivity contribution in [3.63, 3.8) is 0 Å². The molecule has 0 fully saturated rings. The van der Waals surface area contributed by atoms with E-state index in [4.69, 9.17) is 16.2 Å². The van der Waals surface area contributed by atoms with Crippen molar-refractivity contribution in [2.24, 2.45) is 0 Å². The van der Waals surface area contributed by atoms with Crippen LogP contribution in [0.2, 0.25) is 0 Å². The molecule has 8 nitrogen and oxygen atoms in total. The summed E-state index contributed by atoms with van der Waals surface area (Å²) in [5.74, 6) is 0.0412. The average molecular weight is 433 g/mol. The van der Waals surface area contributed by atoms with E-state index in [0.29, 0.717) is 28.3 Å². The molecule has 0 saturated heterocycles. The van der Waals surface area contributed by atoms with Gasteiger partial charge in [0.1, 0.15) is 5.82 Å². The molecular weight excluding hydrogens is 414 g/mol. The van der Waals surface area contributed by atoms with E-state index >= 15 is 0 Å². The van der Waals surface area contributed by atoms with Crippen LogP contribution < -0.4 is 16.7 Å². The molecule has 3 aromatic carbocycles. The molecule has 2 heterocycles. The highest BCUT2D eigenvalue weighted by Crippen LogP contribution is 2.38. The van der Waals surface area contributed by atoms with Gasteiger partial charge >= 0.3 is 0 Å². The van der Waals surface area contributed by atoms with Crippen molar-refractivity contribution in [1.82, 2.24) is 19.7 Å². The molecule has 0 bridgehead atoms. The Morgan fingerprint density at radius 1 is 0.818 bits per heavy atom. The monoisotopic (exact) mass is 433 g/mol. The predicted octanol–water partition coefficient (Wildman–Crippen LogP) is 3.75. The Morgan fingerprint density at radius 2 is 1.42 bits per heavy atom. The minimum Gasteiger partial charge on any atom is -0.383 e. The maximum absolute atomic E-state index is 13.5. The number of benzene rings is 3. The van der Waals surface area contributed by atoms with Crippen molar-refractivity contribution in [3.8, 4) is 28.2 Å². The number of nitrogens with one attached hydrogen (secondary N) is 2. The van der Waals surface area contributed by atoms with Gasteiger partial charge in [-0.1, -0.05) is 66.7 Å². The lowest BCUT2D eigenvalue weighted by Crippen LogP contribution is -2.25. The second kappa shape index (κ2) is 8.35. The Kier molecular flexibility index (Phi) is 5.08. The third kappa shape index (κ3) is 3.81. The summed E-state index contributed by atoms with van der Waals surface area (Å²) in [6, 6.07) is 27.8. The molecule has 2 aliphatic heterocycles. The average Bonchev–Trinajstić information content (AvgIpc) is 2.84. The fraction of sp³-hybridized carbons (Fsp3) is 0. The minimum atomic E-state index is -0.402. The van der Waals surface area contributed by atoms with E-state index < -0.39 is 5.91 Å². The number of carbonyl (C=O) groups excluding carboxylic acids is 1. The van der Waals surface area contributed by atoms with Gasteiger partial charge in [0.05, 0.1) is 11.3 Å². The van der Waals surface area contributed by atoms with Crippen LogP contribution in [0.25, 0.3) is 28.2 Å². The summed E-state index contributed by atoms with van der Waals surface area (Å²) in [7, 11) is 0. The van der Waals surface area contributed by atoms with Gasteiger partial charge in [-0.25, -0.2) is 4.68 Å². The highest BCUT2D eigenvalue weighted by molar-refractivity contribution is 6.10. The van der Waals surface area contributed by atoms with E-state index in [0.717, 1.165) is 5.56 Å². The van der Waals surface area contributed by atoms with Gasteiger partial charge in [-0.3, -0.25) is 10.2 Å². The molecule has 0 spiro atoms. The molecule has 0 aliphatic carbocycles. The molecule has 0 unspecified atom stereocenters. The van der Waals surface area contributed by atoms with E-state index in [1.807, 2.05) is 78.9 Å². The molecule has 0 saturated carbocycles. The molecule has 0 atom stereocenters. The van der Waals surface area contributed by atoms with E-state index in [9.17, 15) is 4.79 Å². The number of nitrogen functional groups attached to an aromatic ring is 1. The Morgan fingerprint density at radius 3 is 2.09 bits per heavy atom. The molecule has 4 N–H and O–H groups in total. The van der Waals surface area contributed by atoms with Crippen LogP contribution in [-0.2, 0) is 0 Å². The zero-order valence-corrected chi connectivity index (χ0v) is 17.4. The van der Waals surface area contributed by atoms with E-state index in [1.165, 1.54) is 4.68 Å². The van der Waals surface area contributed by atoms with Gasteiger partial charge < -0.3 is 11.1 Å². The number of para-hydroxylation sites is 2. The van der Waals surface area contributed by atoms with Crippen LogP contribution in [0.1, 0.15) is 10.5 Å². The van der Waals surface area contributed by atoms with Crippen molar-refractivity contribution >= 4 is 17.4 Å². The summed E-state index contributed by atoms with van der Waals surface area (Å²) in [5, 5.41) is 15.6. The van der Waals surface area contributed by atoms with Gasteiger partial charge in [0.2, 0.25) is 5.62 Å². The molecule has 0 aromatic heterocycles. The Labute approximate surface area is 189 Å². The largest absolute Gasteiger partial charge is 0.383 e. The lowest BCUT2D eigenvalue weighted by molar-refractivity contribution is 0.102. The topological polar surface area (TPSA) is 123 Å². The number of fused-ring (bicyclic) bond motifs is 1. The molecule has 8 heteroatoms.